The van der Waals surface area contributed by atoms with E-state index in [0.29, 0.717) is 35.8 Å². The molecule has 0 aromatic heterocycles. The van der Waals surface area contributed by atoms with E-state index in [-0.39, 0.29) is 10.6 Å². The van der Waals surface area contributed by atoms with Gasteiger partial charge < -0.3 is 9.47 Å². The molecule has 0 aliphatic rings. The zero-order chi connectivity index (χ0) is 20.9. The van der Waals surface area contributed by atoms with Crippen molar-refractivity contribution >= 4 is 15.7 Å². The van der Waals surface area contributed by atoms with Crippen molar-refractivity contribution in [3.8, 4) is 11.5 Å². The van der Waals surface area contributed by atoms with Gasteiger partial charge in [0.05, 0.1) is 23.0 Å². The Balaban J connectivity index is 2.33. The maximum Gasteiger partial charge on any atom is 0.270 e. The molecule has 0 heterocycles. The summed E-state index contributed by atoms with van der Waals surface area (Å²) in [5.74, 6) is 1.11. The average molecular weight is 408 g/mol. The first-order valence-electron chi connectivity index (χ1n) is 8.86. The predicted molar refractivity (Wildman–Crippen MR) is 105 cm³/mol. The Labute approximate surface area is 164 Å². The van der Waals surface area contributed by atoms with Crippen LogP contribution in [0.1, 0.15) is 37.9 Å². The number of non-ortho nitro benzene ring substituents is 1. The van der Waals surface area contributed by atoms with Crippen molar-refractivity contribution in [3.63, 3.8) is 0 Å². The number of benzene rings is 2. The minimum atomic E-state index is -3.97. The van der Waals surface area contributed by atoms with Gasteiger partial charge in [-0.1, -0.05) is 12.1 Å². The Morgan fingerprint density at radius 2 is 1.71 bits per heavy atom. The van der Waals surface area contributed by atoms with Crippen LogP contribution in [-0.2, 0) is 10.0 Å². The molecule has 8 nitrogen and oxygen atoms in total. The molecule has 0 amide bonds. The molecule has 0 spiro atoms. The summed E-state index contributed by atoms with van der Waals surface area (Å²) in [6.45, 7) is 7.91. The lowest BCUT2D eigenvalue weighted by Crippen LogP contribution is -2.27. The van der Waals surface area contributed by atoms with E-state index in [2.05, 4.69) is 4.72 Å². The van der Waals surface area contributed by atoms with E-state index < -0.39 is 21.0 Å². The van der Waals surface area contributed by atoms with E-state index in [1.807, 2.05) is 13.8 Å². The van der Waals surface area contributed by atoms with Crippen LogP contribution in [0.5, 0.6) is 11.5 Å². The van der Waals surface area contributed by atoms with E-state index in [4.69, 9.17) is 9.47 Å². The molecule has 2 aromatic carbocycles. The number of nitro benzene ring substituents is 1. The van der Waals surface area contributed by atoms with Crippen molar-refractivity contribution in [3.05, 3.63) is 57.6 Å². The van der Waals surface area contributed by atoms with Gasteiger partial charge >= 0.3 is 0 Å². The van der Waals surface area contributed by atoms with Crippen molar-refractivity contribution < 1.29 is 22.8 Å². The molecule has 1 N–H and O–H groups in total. The molecule has 2 rings (SSSR count). The highest BCUT2D eigenvalue weighted by atomic mass is 32.2. The summed E-state index contributed by atoms with van der Waals surface area (Å²) in [5.41, 5.74) is 0.823. The van der Waals surface area contributed by atoms with Crippen LogP contribution in [0.25, 0.3) is 0 Å². The second-order valence-electron chi connectivity index (χ2n) is 6.12. The molecule has 0 fully saturated rings. The largest absolute Gasteiger partial charge is 0.490 e. The summed E-state index contributed by atoms with van der Waals surface area (Å²) < 4.78 is 39.3. The zero-order valence-corrected chi connectivity index (χ0v) is 17.1. The first-order valence-corrected chi connectivity index (χ1v) is 10.3. The average Bonchev–Trinajstić information content (AvgIpc) is 2.63. The highest BCUT2D eigenvalue weighted by molar-refractivity contribution is 7.89. The third kappa shape index (κ3) is 4.99. The topological polar surface area (TPSA) is 108 Å². The Bertz CT molecular complexity index is 959. The molecule has 2 aromatic rings. The highest BCUT2D eigenvalue weighted by Gasteiger charge is 2.23. The van der Waals surface area contributed by atoms with Gasteiger partial charge in [-0.2, -0.15) is 0 Å². The van der Waals surface area contributed by atoms with E-state index >= 15 is 0 Å². The number of nitro groups is 1. The number of nitrogens with one attached hydrogen (secondary N) is 1. The number of sulfonamides is 1. The van der Waals surface area contributed by atoms with E-state index in [1.165, 1.54) is 12.1 Å². The summed E-state index contributed by atoms with van der Waals surface area (Å²) in [6.07, 6.45) is 0. The van der Waals surface area contributed by atoms with Crippen LogP contribution in [-0.4, -0.2) is 26.6 Å². The van der Waals surface area contributed by atoms with Gasteiger partial charge in [0.2, 0.25) is 10.0 Å². The molecule has 0 aliphatic carbocycles. The summed E-state index contributed by atoms with van der Waals surface area (Å²) in [7, 11) is -3.97. The van der Waals surface area contributed by atoms with Crippen molar-refractivity contribution in [2.45, 2.75) is 38.6 Å². The first kappa shape index (κ1) is 21.6. The lowest BCUT2D eigenvalue weighted by atomic mass is 10.1. The smallest absolute Gasteiger partial charge is 0.270 e. The van der Waals surface area contributed by atoms with Crippen LogP contribution < -0.4 is 14.2 Å². The molecule has 28 heavy (non-hydrogen) atoms. The van der Waals surface area contributed by atoms with Gasteiger partial charge in [0.25, 0.3) is 5.69 Å². The molecular formula is C19H24N2O6S. The van der Waals surface area contributed by atoms with Gasteiger partial charge in [-0.15, -0.1) is 0 Å². The van der Waals surface area contributed by atoms with Gasteiger partial charge in [-0.05, 0) is 51.0 Å². The van der Waals surface area contributed by atoms with Crippen molar-refractivity contribution in [1.29, 1.82) is 0 Å². The number of aryl methyl sites for hydroxylation is 1. The Morgan fingerprint density at radius 3 is 2.32 bits per heavy atom. The maximum atomic E-state index is 12.8. The number of nitrogens with zero attached hydrogens (tertiary/aromatic N) is 1. The molecule has 0 aliphatic heterocycles. The van der Waals surface area contributed by atoms with Crippen LogP contribution in [0.15, 0.2) is 41.3 Å². The number of hydrogen-bond donors (Lipinski definition) is 1. The fraction of sp³-hybridized carbons (Fsp3) is 0.368. The van der Waals surface area contributed by atoms with Crippen molar-refractivity contribution in [2.24, 2.45) is 0 Å². The summed E-state index contributed by atoms with van der Waals surface area (Å²) in [6, 6.07) is 8.38. The van der Waals surface area contributed by atoms with E-state index in [9.17, 15) is 18.5 Å². The second kappa shape index (κ2) is 9.03. The second-order valence-corrected chi connectivity index (χ2v) is 7.80. The van der Waals surface area contributed by atoms with Gasteiger partial charge in [0, 0.05) is 18.2 Å². The third-order valence-corrected chi connectivity index (χ3v) is 5.75. The normalized spacial score (nSPS) is 12.4. The number of hydrogen-bond acceptors (Lipinski definition) is 6. The Kier molecular flexibility index (Phi) is 6.98. The van der Waals surface area contributed by atoms with Gasteiger partial charge in [-0.3, -0.25) is 10.1 Å². The standard InChI is InChI=1S/C19H24N2O6S/c1-5-26-17-10-8-15(11-18(17)27-6-2)14(4)20-28(24,25)19-12-16(21(22)23)9-7-13(19)3/h7-12,14,20H,5-6H2,1-4H3/t14-/m1/s1. The number of rotatable bonds is 9. The Morgan fingerprint density at radius 1 is 1.07 bits per heavy atom. The van der Waals surface area contributed by atoms with Gasteiger partial charge in [0.1, 0.15) is 0 Å². The molecule has 152 valence electrons. The van der Waals surface area contributed by atoms with Crippen LogP contribution >= 0.6 is 0 Å². The molecule has 0 radical (unpaired) electrons. The monoisotopic (exact) mass is 408 g/mol. The summed E-state index contributed by atoms with van der Waals surface area (Å²) in [5, 5.41) is 11.0. The zero-order valence-electron chi connectivity index (χ0n) is 16.3. The van der Waals surface area contributed by atoms with E-state index in [0.717, 1.165) is 6.07 Å². The third-order valence-electron chi connectivity index (χ3n) is 4.07. The SMILES string of the molecule is CCOc1ccc([C@@H](C)NS(=O)(=O)c2cc([N+](=O)[O-])ccc2C)cc1OCC. The molecule has 1 atom stereocenters. The lowest BCUT2D eigenvalue weighted by Gasteiger charge is -2.18. The van der Waals surface area contributed by atoms with Crippen LogP contribution in [0.2, 0.25) is 0 Å². The minimum absolute atomic E-state index is 0.121. The number of ether oxygens (including phenoxy) is 2. The first-order chi connectivity index (χ1) is 13.2. The van der Waals surface area contributed by atoms with Crippen molar-refractivity contribution in [1.82, 2.24) is 4.72 Å². The van der Waals surface area contributed by atoms with E-state index in [1.54, 1.807) is 32.0 Å². The minimum Gasteiger partial charge on any atom is -0.490 e. The molecule has 9 heteroatoms. The van der Waals surface area contributed by atoms with Crippen LogP contribution in [0.4, 0.5) is 5.69 Å². The predicted octanol–water partition coefficient (Wildman–Crippen LogP) is 3.74. The highest BCUT2D eigenvalue weighted by Crippen LogP contribution is 2.31. The maximum absolute atomic E-state index is 12.8. The van der Waals surface area contributed by atoms with Gasteiger partial charge in [-0.25, -0.2) is 13.1 Å². The summed E-state index contributed by atoms with van der Waals surface area (Å²) >= 11 is 0. The molecule has 0 bridgehead atoms. The lowest BCUT2D eigenvalue weighted by molar-refractivity contribution is -0.385. The molecular weight excluding hydrogens is 384 g/mol. The fourth-order valence-corrected chi connectivity index (χ4v) is 4.19. The summed E-state index contributed by atoms with van der Waals surface area (Å²) in [4.78, 5) is 10.2. The van der Waals surface area contributed by atoms with Crippen LogP contribution in [0, 0.1) is 17.0 Å². The molecule has 0 unspecified atom stereocenters. The molecule has 0 saturated carbocycles. The van der Waals surface area contributed by atoms with Crippen LogP contribution in [0.3, 0.4) is 0 Å². The Hall–Kier alpha value is -2.65. The quantitative estimate of drug-likeness (QED) is 0.500. The van der Waals surface area contributed by atoms with Crippen molar-refractivity contribution in [2.75, 3.05) is 13.2 Å². The molecule has 0 saturated heterocycles. The van der Waals surface area contributed by atoms with Gasteiger partial charge in [0.15, 0.2) is 11.5 Å². The fourth-order valence-electron chi connectivity index (χ4n) is 2.69.